The number of aryl methyl sites for hydroxylation is 1. The summed E-state index contributed by atoms with van der Waals surface area (Å²) in [6.45, 7) is 2.98. The van der Waals surface area contributed by atoms with Crippen LogP contribution in [0.1, 0.15) is 18.1 Å². The van der Waals surface area contributed by atoms with Crippen LogP contribution in [0, 0.1) is 0 Å². The molecule has 1 aliphatic heterocycles. The van der Waals surface area contributed by atoms with Crippen LogP contribution in [0.3, 0.4) is 0 Å². The summed E-state index contributed by atoms with van der Waals surface area (Å²) in [4.78, 5) is 1.05. The molecule has 0 saturated carbocycles. The van der Waals surface area contributed by atoms with Crippen molar-refractivity contribution in [2.75, 3.05) is 6.61 Å². The molecule has 1 aromatic rings. The van der Waals surface area contributed by atoms with Gasteiger partial charge in [-0.25, -0.2) is 0 Å². The summed E-state index contributed by atoms with van der Waals surface area (Å²) in [5, 5.41) is 0. The molecule has 1 aliphatic rings. The van der Waals surface area contributed by atoms with Crippen LogP contribution in [-0.2, 0) is 12.8 Å². The Morgan fingerprint density at radius 3 is 3.08 bits per heavy atom. The summed E-state index contributed by atoms with van der Waals surface area (Å²) in [6.07, 6.45) is 2.10. The molecule has 0 fully saturated rings. The lowest BCUT2D eigenvalue weighted by Gasteiger charge is -2.04. The van der Waals surface area contributed by atoms with Gasteiger partial charge >= 0.3 is 0 Å². The van der Waals surface area contributed by atoms with Gasteiger partial charge in [0.2, 0.25) is 0 Å². The number of hydrogen-bond acceptors (Lipinski definition) is 2. The molecule has 12 heavy (non-hydrogen) atoms. The first-order valence-corrected chi connectivity index (χ1v) is 4.73. The summed E-state index contributed by atoms with van der Waals surface area (Å²) in [5.74, 6) is 1.03. The van der Waals surface area contributed by atoms with Gasteiger partial charge in [-0.3, -0.25) is 0 Å². The van der Waals surface area contributed by atoms with Gasteiger partial charge in [-0.1, -0.05) is 13.0 Å². The third kappa shape index (κ3) is 1.20. The molecule has 0 bridgehead atoms. The average molecular weight is 180 g/mol. The summed E-state index contributed by atoms with van der Waals surface area (Å²) >= 11 is 4.40. The summed E-state index contributed by atoms with van der Waals surface area (Å²) in [7, 11) is 0. The molecule has 1 nitrogen and oxygen atoms in total. The van der Waals surface area contributed by atoms with E-state index in [-0.39, 0.29) is 0 Å². The van der Waals surface area contributed by atoms with Crippen molar-refractivity contribution >= 4 is 12.6 Å². The second-order valence-corrected chi connectivity index (χ2v) is 3.52. The van der Waals surface area contributed by atoms with Gasteiger partial charge in [0.1, 0.15) is 5.75 Å². The Balaban J connectivity index is 2.49. The standard InChI is InChI=1S/C10H12OS/c1-2-7-5-8-3-4-11-9(8)6-10(7)12/h5-6,12H,2-4H2,1H3. The highest BCUT2D eigenvalue weighted by molar-refractivity contribution is 7.80. The maximum Gasteiger partial charge on any atom is 0.123 e. The van der Waals surface area contributed by atoms with Crippen LogP contribution in [0.4, 0.5) is 0 Å². The number of thiol groups is 1. The number of benzene rings is 1. The highest BCUT2D eigenvalue weighted by Crippen LogP contribution is 2.30. The van der Waals surface area contributed by atoms with Crippen LogP contribution in [0.25, 0.3) is 0 Å². The third-order valence-electron chi connectivity index (χ3n) is 2.27. The Bertz CT molecular complexity index is 306. The van der Waals surface area contributed by atoms with Crippen molar-refractivity contribution in [1.82, 2.24) is 0 Å². The quantitative estimate of drug-likeness (QED) is 0.653. The molecular formula is C10H12OS. The fraction of sp³-hybridized carbons (Fsp3) is 0.400. The van der Waals surface area contributed by atoms with Gasteiger partial charge in [-0.05, 0) is 23.6 Å². The second-order valence-electron chi connectivity index (χ2n) is 3.04. The molecular weight excluding hydrogens is 168 g/mol. The Morgan fingerprint density at radius 1 is 1.50 bits per heavy atom. The fourth-order valence-electron chi connectivity index (χ4n) is 1.55. The van der Waals surface area contributed by atoms with Gasteiger partial charge in [0.05, 0.1) is 6.61 Å². The maximum atomic E-state index is 5.43. The van der Waals surface area contributed by atoms with E-state index in [9.17, 15) is 0 Å². The molecule has 0 N–H and O–H groups in total. The van der Waals surface area contributed by atoms with Gasteiger partial charge in [0.15, 0.2) is 0 Å². The minimum atomic E-state index is 0.829. The summed E-state index contributed by atoms with van der Waals surface area (Å²) in [5.41, 5.74) is 2.66. The molecule has 1 heterocycles. The lowest BCUT2D eigenvalue weighted by molar-refractivity contribution is 0.356. The first kappa shape index (κ1) is 7.99. The van der Waals surface area contributed by atoms with E-state index in [1.54, 1.807) is 0 Å². The smallest absolute Gasteiger partial charge is 0.123 e. The Hall–Kier alpha value is -0.630. The van der Waals surface area contributed by atoms with Crippen molar-refractivity contribution < 1.29 is 4.74 Å². The molecule has 64 valence electrons. The zero-order valence-electron chi connectivity index (χ0n) is 7.13. The van der Waals surface area contributed by atoms with Crippen LogP contribution in [0.15, 0.2) is 17.0 Å². The number of ether oxygens (including phenoxy) is 1. The van der Waals surface area contributed by atoms with E-state index in [0.717, 1.165) is 30.1 Å². The van der Waals surface area contributed by atoms with E-state index >= 15 is 0 Å². The van der Waals surface area contributed by atoms with Crippen molar-refractivity contribution in [1.29, 1.82) is 0 Å². The molecule has 0 saturated heterocycles. The van der Waals surface area contributed by atoms with Crippen molar-refractivity contribution in [3.63, 3.8) is 0 Å². The molecule has 0 radical (unpaired) electrons. The summed E-state index contributed by atoms with van der Waals surface area (Å²) in [6, 6.07) is 4.24. The van der Waals surface area contributed by atoms with Crippen molar-refractivity contribution in [3.8, 4) is 5.75 Å². The molecule has 2 rings (SSSR count). The van der Waals surface area contributed by atoms with E-state index in [4.69, 9.17) is 4.74 Å². The first-order chi connectivity index (χ1) is 5.81. The average Bonchev–Trinajstić information content (AvgIpc) is 2.49. The minimum absolute atomic E-state index is 0.829. The zero-order chi connectivity index (χ0) is 8.55. The Labute approximate surface area is 78.2 Å². The SMILES string of the molecule is CCc1cc2c(cc1S)OCC2. The number of hydrogen-bond donors (Lipinski definition) is 1. The van der Waals surface area contributed by atoms with E-state index in [0.29, 0.717) is 0 Å². The van der Waals surface area contributed by atoms with Crippen molar-refractivity contribution in [2.45, 2.75) is 24.7 Å². The third-order valence-corrected chi connectivity index (χ3v) is 2.69. The predicted molar refractivity (Wildman–Crippen MR) is 52.3 cm³/mol. The number of rotatable bonds is 1. The molecule has 0 spiro atoms. The van der Waals surface area contributed by atoms with Gasteiger partial charge in [-0.2, -0.15) is 0 Å². The fourth-order valence-corrected chi connectivity index (χ4v) is 1.89. The highest BCUT2D eigenvalue weighted by Gasteiger charge is 2.13. The Morgan fingerprint density at radius 2 is 2.33 bits per heavy atom. The normalized spacial score (nSPS) is 14.2. The predicted octanol–water partition coefficient (Wildman–Crippen LogP) is 2.47. The summed E-state index contributed by atoms with van der Waals surface area (Å²) < 4.78 is 5.43. The van der Waals surface area contributed by atoms with Gasteiger partial charge in [0.25, 0.3) is 0 Å². The number of fused-ring (bicyclic) bond motifs is 1. The molecule has 0 aromatic heterocycles. The molecule has 0 atom stereocenters. The molecule has 0 aliphatic carbocycles. The Kier molecular flexibility index (Phi) is 2.01. The van der Waals surface area contributed by atoms with Gasteiger partial charge < -0.3 is 4.74 Å². The molecule has 0 amide bonds. The van der Waals surface area contributed by atoms with E-state index < -0.39 is 0 Å². The monoisotopic (exact) mass is 180 g/mol. The van der Waals surface area contributed by atoms with Gasteiger partial charge in [0, 0.05) is 11.3 Å². The van der Waals surface area contributed by atoms with E-state index in [1.807, 2.05) is 6.07 Å². The largest absolute Gasteiger partial charge is 0.493 e. The van der Waals surface area contributed by atoms with Crippen LogP contribution >= 0.6 is 12.6 Å². The van der Waals surface area contributed by atoms with Crippen LogP contribution < -0.4 is 4.74 Å². The highest BCUT2D eigenvalue weighted by atomic mass is 32.1. The topological polar surface area (TPSA) is 9.23 Å². The minimum Gasteiger partial charge on any atom is -0.493 e. The molecule has 2 heteroatoms. The molecule has 0 unspecified atom stereocenters. The van der Waals surface area contributed by atoms with Crippen molar-refractivity contribution in [3.05, 3.63) is 23.3 Å². The van der Waals surface area contributed by atoms with Crippen LogP contribution in [0.5, 0.6) is 5.75 Å². The van der Waals surface area contributed by atoms with E-state index in [2.05, 4.69) is 25.6 Å². The first-order valence-electron chi connectivity index (χ1n) is 4.29. The maximum absolute atomic E-state index is 5.43. The van der Waals surface area contributed by atoms with Crippen molar-refractivity contribution in [2.24, 2.45) is 0 Å². The second kappa shape index (κ2) is 3.02. The lowest BCUT2D eigenvalue weighted by Crippen LogP contribution is -1.86. The van der Waals surface area contributed by atoms with Crippen LogP contribution in [-0.4, -0.2) is 6.61 Å². The molecule has 1 aromatic carbocycles. The lowest BCUT2D eigenvalue weighted by atomic mass is 10.1. The zero-order valence-corrected chi connectivity index (χ0v) is 8.03. The van der Waals surface area contributed by atoms with Gasteiger partial charge in [-0.15, -0.1) is 12.6 Å². The van der Waals surface area contributed by atoms with E-state index in [1.165, 1.54) is 11.1 Å². The van der Waals surface area contributed by atoms with Crippen LogP contribution in [0.2, 0.25) is 0 Å².